The second kappa shape index (κ2) is 7.16. The molecule has 18 heavy (non-hydrogen) atoms. The van der Waals surface area contributed by atoms with Crippen LogP contribution in [0.15, 0.2) is 6.33 Å². The van der Waals surface area contributed by atoms with Crippen molar-refractivity contribution in [2.24, 2.45) is 0 Å². The summed E-state index contributed by atoms with van der Waals surface area (Å²) in [5, 5.41) is 6.33. The smallest absolute Gasteiger partial charge is 0.221 e. The second-order valence-corrected chi connectivity index (χ2v) is 4.57. The first-order valence-corrected chi connectivity index (χ1v) is 6.45. The van der Waals surface area contributed by atoms with Crippen LogP contribution in [-0.2, 0) is 4.79 Å². The highest BCUT2D eigenvalue weighted by molar-refractivity contribution is 6.30. The van der Waals surface area contributed by atoms with E-state index in [1.54, 1.807) is 0 Å². The molecule has 0 bridgehead atoms. The zero-order chi connectivity index (χ0) is 13.5. The molecule has 100 valence electrons. The first-order chi connectivity index (χ1) is 8.56. The van der Waals surface area contributed by atoms with E-state index in [2.05, 4.69) is 20.6 Å². The number of nitrogens with one attached hydrogen (secondary N) is 2. The highest BCUT2D eigenvalue weighted by atomic mass is 35.5. The van der Waals surface area contributed by atoms with Crippen molar-refractivity contribution in [3.8, 4) is 0 Å². The molecule has 0 aliphatic carbocycles. The molecule has 0 fully saturated rings. The predicted octanol–water partition coefficient (Wildman–Crippen LogP) is 2.19. The van der Waals surface area contributed by atoms with Gasteiger partial charge in [-0.2, -0.15) is 0 Å². The molecule has 0 spiro atoms. The van der Waals surface area contributed by atoms with Gasteiger partial charge >= 0.3 is 0 Å². The Morgan fingerprint density at radius 2 is 2.17 bits per heavy atom. The molecule has 1 amide bonds. The number of nitrogens with zero attached hydrogens (tertiary/aromatic N) is 2. The van der Waals surface area contributed by atoms with Gasteiger partial charge in [0.1, 0.15) is 17.3 Å². The molecular formula is C12H19ClN4O. The molecule has 0 radical (unpaired) electrons. The van der Waals surface area contributed by atoms with Crippen LogP contribution in [0.25, 0.3) is 0 Å². The van der Waals surface area contributed by atoms with Crippen molar-refractivity contribution in [1.82, 2.24) is 15.3 Å². The van der Waals surface area contributed by atoms with Crippen LogP contribution < -0.4 is 10.6 Å². The first-order valence-electron chi connectivity index (χ1n) is 6.07. The van der Waals surface area contributed by atoms with Crippen LogP contribution in [-0.4, -0.2) is 29.0 Å². The number of hydrogen-bond acceptors (Lipinski definition) is 4. The lowest BCUT2D eigenvalue weighted by atomic mass is 10.1. The van der Waals surface area contributed by atoms with Gasteiger partial charge in [-0.1, -0.05) is 25.4 Å². The summed E-state index contributed by atoms with van der Waals surface area (Å²) in [6, 6.07) is 0. The van der Waals surface area contributed by atoms with Crippen LogP contribution in [0.4, 0.5) is 5.82 Å². The summed E-state index contributed by atoms with van der Waals surface area (Å²) in [5.74, 6) is 0.955. The first kappa shape index (κ1) is 14.7. The molecule has 2 N–H and O–H groups in total. The maximum atomic E-state index is 11.3. The van der Waals surface area contributed by atoms with E-state index >= 15 is 0 Å². The maximum Gasteiger partial charge on any atom is 0.221 e. The van der Waals surface area contributed by atoms with E-state index in [1.807, 2.05) is 20.8 Å². The van der Waals surface area contributed by atoms with Gasteiger partial charge in [0, 0.05) is 25.1 Å². The van der Waals surface area contributed by atoms with Crippen molar-refractivity contribution in [1.29, 1.82) is 0 Å². The van der Waals surface area contributed by atoms with Crippen molar-refractivity contribution < 1.29 is 4.79 Å². The topological polar surface area (TPSA) is 66.9 Å². The van der Waals surface area contributed by atoms with Gasteiger partial charge < -0.3 is 10.6 Å². The number of aromatic nitrogens is 2. The lowest BCUT2D eigenvalue weighted by Gasteiger charge is -2.14. The number of halogens is 1. The van der Waals surface area contributed by atoms with Crippen molar-refractivity contribution >= 4 is 23.3 Å². The normalized spacial score (nSPS) is 10.5. The van der Waals surface area contributed by atoms with Crippen molar-refractivity contribution in [2.75, 3.05) is 18.4 Å². The minimum atomic E-state index is 0.0243. The van der Waals surface area contributed by atoms with Gasteiger partial charge in [-0.05, 0) is 12.8 Å². The molecule has 1 heterocycles. The minimum Gasteiger partial charge on any atom is -0.369 e. The fourth-order valence-corrected chi connectivity index (χ4v) is 1.96. The fraction of sp³-hybridized carbons (Fsp3) is 0.583. The number of rotatable bonds is 6. The van der Waals surface area contributed by atoms with Gasteiger partial charge in [0.2, 0.25) is 5.91 Å². The molecule has 0 saturated carbocycles. The summed E-state index contributed by atoms with van der Waals surface area (Å²) in [6.07, 6.45) is 1.83. The Bertz CT molecular complexity index is 409. The molecule has 6 heteroatoms. The SMILES string of the molecule is CCNC(=O)CCNc1ncnc(Cl)c1C(C)C. The molecule has 0 aliphatic heterocycles. The largest absolute Gasteiger partial charge is 0.369 e. The van der Waals surface area contributed by atoms with Crippen LogP contribution in [0.1, 0.15) is 38.7 Å². The Morgan fingerprint density at radius 3 is 2.78 bits per heavy atom. The molecule has 1 aromatic heterocycles. The van der Waals surface area contributed by atoms with Gasteiger partial charge in [-0.3, -0.25) is 4.79 Å². The number of carbonyl (C=O) groups excluding carboxylic acids is 1. The van der Waals surface area contributed by atoms with E-state index in [9.17, 15) is 4.79 Å². The third-order valence-corrected chi connectivity index (χ3v) is 2.73. The predicted molar refractivity (Wildman–Crippen MR) is 72.9 cm³/mol. The second-order valence-electron chi connectivity index (χ2n) is 4.21. The monoisotopic (exact) mass is 270 g/mol. The summed E-state index contributed by atoms with van der Waals surface area (Å²) >= 11 is 6.05. The number of hydrogen-bond donors (Lipinski definition) is 2. The van der Waals surface area contributed by atoms with Gasteiger partial charge in [-0.25, -0.2) is 9.97 Å². The van der Waals surface area contributed by atoms with Crippen LogP contribution in [0, 0.1) is 0 Å². The quantitative estimate of drug-likeness (QED) is 0.778. The Balaban J connectivity index is 2.62. The number of amides is 1. The minimum absolute atomic E-state index is 0.0243. The van der Waals surface area contributed by atoms with Crippen molar-refractivity contribution in [3.63, 3.8) is 0 Å². The van der Waals surface area contributed by atoms with Gasteiger partial charge in [0.05, 0.1) is 0 Å². The van der Waals surface area contributed by atoms with E-state index in [0.717, 1.165) is 5.56 Å². The summed E-state index contributed by atoms with van der Waals surface area (Å²) in [6.45, 7) is 7.12. The number of carbonyl (C=O) groups is 1. The standard InChI is InChI=1S/C12H19ClN4O/c1-4-14-9(18)5-6-15-12-10(8(2)3)11(13)16-7-17-12/h7-8H,4-6H2,1-3H3,(H,14,18)(H,15,16,17). The lowest BCUT2D eigenvalue weighted by molar-refractivity contribution is -0.120. The Morgan fingerprint density at radius 1 is 1.44 bits per heavy atom. The van der Waals surface area contributed by atoms with Crippen molar-refractivity contribution in [2.45, 2.75) is 33.1 Å². The summed E-state index contributed by atoms with van der Waals surface area (Å²) in [7, 11) is 0. The third-order valence-electron chi connectivity index (χ3n) is 2.43. The molecule has 0 aliphatic rings. The van der Waals surface area contributed by atoms with Gasteiger partial charge in [0.15, 0.2) is 0 Å². The van der Waals surface area contributed by atoms with Crippen LogP contribution in [0.2, 0.25) is 5.15 Å². The van der Waals surface area contributed by atoms with Crippen LogP contribution in [0.3, 0.4) is 0 Å². The summed E-state index contributed by atoms with van der Waals surface area (Å²) in [4.78, 5) is 19.4. The third kappa shape index (κ3) is 4.14. The van der Waals surface area contributed by atoms with E-state index < -0.39 is 0 Å². The van der Waals surface area contributed by atoms with Crippen molar-refractivity contribution in [3.05, 3.63) is 17.0 Å². The highest BCUT2D eigenvalue weighted by Gasteiger charge is 2.13. The Kier molecular flexibility index (Phi) is 5.85. The molecule has 0 unspecified atom stereocenters. The Hall–Kier alpha value is -1.36. The van der Waals surface area contributed by atoms with Crippen LogP contribution >= 0.6 is 11.6 Å². The molecular weight excluding hydrogens is 252 g/mol. The average Bonchev–Trinajstić information content (AvgIpc) is 2.28. The van der Waals surface area contributed by atoms with Gasteiger partial charge in [0.25, 0.3) is 0 Å². The molecule has 5 nitrogen and oxygen atoms in total. The Labute approximate surface area is 112 Å². The molecule has 0 saturated heterocycles. The lowest BCUT2D eigenvalue weighted by Crippen LogP contribution is -2.25. The number of anilines is 1. The highest BCUT2D eigenvalue weighted by Crippen LogP contribution is 2.27. The zero-order valence-electron chi connectivity index (χ0n) is 11.0. The van der Waals surface area contributed by atoms with Crippen LogP contribution in [0.5, 0.6) is 0 Å². The fourth-order valence-electron chi connectivity index (χ4n) is 1.61. The molecule has 1 rings (SSSR count). The van der Waals surface area contributed by atoms with E-state index in [0.29, 0.717) is 30.5 Å². The molecule has 0 atom stereocenters. The van der Waals surface area contributed by atoms with Gasteiger partial charge in [-0.15, -0.1) is 0 Å². The summed E-state index contributed by atoms with van der Waals surface area (Å²) in [5.41, 5.74) is 0.884. The average molecular weight is 271 g/mol. The van der Waals surface area contributed by atoms with E-state index in [4.69, 9.17) is 11.6 Å². The molecule has 1 aromatic rings. The zero-order valence-corrected chi connectivity index (χ0v) is 11.7. The van der Waals surface area contributed by atoms with E-state index in [1.165, 1.54) is 6.33 Å². The van der Waals surface area contributed by atoms with E-state index in [-0.39, 0.29) is 11.8 Å². The molecule has 0 aromatic carbocycles. The summed E-state index contributed by atoms with van der Waals surface area (Å²) < 4.78 is 0. The maximum absolute atomic E-state index is 11.3.